The van der Waals surface area contributed by atoms with Crippen molar-refractivity contribution >= 4 is 43.8 Å². The minimum absolute atomic E-state index is 0.0900. The number of H-pyrrole nitrogens is 1. The summed E-state index contributed by atoms with van der Waals surface area (Å²) >= 11 is 3.52. The molecule has 1 saturated heterocycles. The first-order valence-corrected chi connectivity index (χ1v) is 10.1. The Labute approximate surface area is 167 Å². The largest absolute Gasteiger partial charge is 0.444 e. The van der Waals surface area contributed by atoms with Crippen molar-refractivity contribution < 1.29 is 9.53 Å². The van der Waals surface area contributed by atoms with Crippen LogP contribution in [0, 0.1) is 0 Å². The highest BCUT2D eigenvalue weighted by Crippen LogP contribution is 2.37. The van der Waals surface area contributed by atoms with Gasteiger partial charge in [0.15, 0.2) is 0 Å². The van der Waals surface area contributed by atoms with E-state index >= 15 is 0 Å². The van der Waals surface area contributed by atoms with Crippen LogP contribution in [0.2, 0.25) is 0 Å². The second-order valence-corrected chi connectivity index (χ2v) is 9.19. The molecule has 1 aliphatic rings. The molecule has 1 N–H and O–H groups in total. The Balaban J connectivity index is 1.74. The van der Waals surface area contributed by atoms with Crippen molar-refractivity contribution in [2.24, 2.45) is 0 Å². The molecule has 1 aromatic heterocycles. The van der Waals surface area contributed by atoms with Gasteiger partial charge >= 0.3 is 6.09 Å². The van der Waals surface area contributed by atoms with Gasteiger partial charge in [0, 0.05) is 15.9 Å². The molecule has 142 valence electrons. The highest BCUT2D eigenvalue weighted by Gasteiger charge is 2.39. The molecule has 0 unspecified atom stereocenters. The van der Waals surface area contributed by atoms with Crippen LogP contribution < -0.4 is 0 Å². The maximum absolute atomic E-state index is 12.8. The van der Waals surface area contributed by atoms with Gasteiger partial charge in [0.25, 0.3) is 0 Å². The zero-order valence-electron chi connectivity index (χ0n) is 16.0. The first-order valence-electron chi connectivity index (χ1n) is 9.32. The lowest BCUT2D eigenvalue weighted by molar-refractivity contribution is 0.0152. The van der Waals surface area contributed by atoms with E-state index in [1.54, 1.807) is 0 Å². The van der Waals surface area contributed by atoms with Crippen LogP contribution in [-0.2, 0) is 4.74 Å². The number of rotatable bonds is 1. The van der Waals surface area contributed by atoms with Gasteiger partial charge in [-0.15, -0.1) is 0 Å². The van der Waals surface area contributed by atoms with Crippen LogP contribution in [0.5, 0.6) is 0 Å². The van der Waals surface area contributed by atoms with Crippen LogP contribution in [0.1, 0.15) is 52.4 Å². The fourth-order valence-corrected chi connectivity index (χ4v) is 4.20. The predicted molar refractivity (Wildman–Crippen MR) is 111 cm³/mol. The lowest BCUT2D eigenvalue weighted by Gasteiger charge is -2.30. The number of nitrogens with one attached hydrogen (secondary N) is 1. The molecule has 3 aromatic rings. The van der Waals surface area contributed by atoms with Crippen LogP contribution in [0.25, 0.3) is 21.8 Å². The van der Waals surface area contributed by atoms with E-state index in [1.807, 2.05) is 31.7 Å². The number of carbonyl (C=O) groups is 1. The Bertz CT molecular complexity index is 1020. The Kier molecular flexibility index (Phi) is 4.41. The van der Waals surface area contributed by atoms with Gasteiger partial charge in [-0.25, -0.2) is 9.78 Å². The van der Waals surface area contributed by atoms with Gasteiger partial charge in [0.2, 0.25) is 0 Å². The van der Waals surface area contributed by atoms with E-state index in [1.165, 1.54) is 0 Å². The quantitative estimate of drug-likeness (QED) is 0.520. The maximum atomic E-state index is 12.8. The molecule has 1 fully saturated rings. The monoisotopic (exact) mass is 429 g/mol. The molecule has 27 heavy (non-hydrogen) atoms. The molecule has 2 atom stereocenters. The number of imidazole rings is 1. The molecule has 0 spiro atoms. The van der Waals surface area contributed by atoms with E-state index in [2.05, 4.69) is 52.1 Å². The summed E-state index contributed by atoms with van der Waals surface area (Å²) in [6, 6.07) is 10.4. The molecule has 0 saturated carbocycles. The topological polar surface area (TPSA) is 58.2 Å². The van der Waals surface area contributed by atoms with Crippen molar-refractivity contribution in [3.8, 4) is 0 Å². The number of ether oxygens (including phenoxy) is 1. The number of halogens is 1. The van der Waals surface area contributed by atoms with E-state index in [0.29, 0.717) is 0 Å². The van der Waals surface area contributed by atoms with Crippen LogP contribution in [0.4, 0.5) is 4.79 Å². The highest BCUT2D eigenvalue weighted by atomic mass is 79.9. The van der Waals surface area contributed by atoms with E-state index in [4.69, 9.17) is 9.72 Å². The Morgan fingerprint density at radius 2 is 2.04 bits per heavy atom. The van der Waals surface area contributed by atoms with E-state index < -0.39 is 5.60 Å². The molecule has 1 aliphatic heterocycles. The molecular formula is C21H24BrN3O2. The normalized spacial score (nSPS) is 20.6. The number of nitrogens with zero attached hydrogens (tertiary/aromatic N) is 2. The van der Waals surface area contributed by atoms with Gasteiger partial charge in [-0.3, -0.25) is 4.90 Å². The fraction of sp³-hybridized carbons (Fsp3) is 0.429. The average Bonchev–Trinajstić information content (AvgIpc) is 3.16. The van der Waals surface area contributed by atoms with Crippen LogP contribution in [0.3, 0.4) is 0 Å². The lowest BCUT2D eigenvalue weighted by atomic mass is 10.1. The molecule has 1 amide bonds. The molecule has 6 heteroatoms. The number of aromatic amines is 1. The zero-order valence-corrected chi connectivity index (χ0v) is 17.6. The summed E-state index contributed by atoms with van der Waals surface area (Å²) in [5, 5.41) is 2.24. The third-order valence-corrected chi connectivity index (χ3v) is 5.53. The number of hydrogen-bond acceptors (Lipinski definition) is 3. The van der Waals surface area contributed by atoms with Crippen molar-refractivity contribution in [3.05, 3.63) is 40.6 Å². The maximum Gasteiger partial charge on any atom is 0.411 e. The predicted octanol–water partition coefficient (Wildman–Crippen LogP) is 5.94. The third kappa shape index (κ3) is 3.43. The first kappa shape index (κ1) is 18.3. The molecule has 0 radical (unpaired) electrons. The molecule has 2 heterocycles. The molecule has 0 bridgehead atoms. The number of carbonyl (C=O) groups excluding carboxylic acids is 1. The van der Waals surface area contributed by atoms with Crippen molar-refractivity contribution in [1.29, 1.82) is 0 Å². The van der Waals surface area contributed by atoms with Crippen LogP contribution in [0.15, 0.2) is 34.8 Å². The van der Waals surface area contributed by atoms with Crippen molar-refractivity contribution in [2.75, 3.05) is 0 Å². The Morgan fingerprint density at radius 1 is 1.26 bits per heavy atom. The minimum Gasteiger partial charge on any atom is -0.444 e. The summed E-state index contributed by atoms with van der Waals surface area (Å²) in [5.41, 5.74) is 1.42. The van der Waals surface area contributed by atoms with E-state index in [9.17, 15) is 4.79 Å². The summed E-state index contributed by atoms with van der Waals surface area (Å²) in [4.78, 5) is 22.9. The standard InChI is InChI=1S/C21H24BrN3O2/c1-12-5-10-17(25(12)20(26)27-21(2,3)4)19-23-16-9-6-13-11-14(22)7-8-15(13)18(16)24-19/h6-9,11-12,17H,5,10H2,1-4H3,(H,23,24)/t12-,17+/m1/s1. The average molecular weight is 430 g/mol. The number of aromatic nitrogens is 2. The van der Waals surface area contributed by atoms with Gasteiger partial charge in [0.1, 0.15) is 11.4 Å². The second-order valence-electron chi connectivity index (χ2n) is 8.28. The molecule has 0 aliphatic carbocycles. The Hall–Kier alpha value is -2.08. The zero-order chi connectivity index (χ0) is 19.3. The SMILES string of the molecule is C[C@@H]1CC[C@@H](c2nc3c(ccc4cc(Br)ccc43)[nH]2)N1C(=O)OC(C)(C)C. The summed E-state index contributed by atoms with van der Waals surface area (Å²) < 4.78 is 6.69. The van der Waals surface area contributed by atoms with Crippen molar-refractivity contribution in [3.63, 3.8) is 0 Å². The number of hydrogen-bond donors (Lipinski definition) is 1. The van der Waals surface area contributed by atoms with Gasteiger partial charge in [-0.05, 0) is 64.1 Å². The molecule has 4 rings (SSSR count). The van der Waals surface area contributed by atoms with Crippen LogP contribution in [-0.4, -0.2) is 32.6 Å². The summed E-state index contributed by atoms with van der Waals surface area (Å²) in [6.45, 7) is 7.75. The van der Waals surface area contributed by atoms with Gasteiger partial charge < -0.3 is 9.72 Å². The summed E-state index contributed by atoms with van der Waals surface area (Å²) in [7, 11) is 0. The molecule has 2 aromatic carbocycles. The third-order valence-electron chi connectivity index (χ3n) is 5.04. The Morgan fingerprint density at radius 3 is 2.78 bits per heavy atom. The van der Waals surface area contributed by atoms with Gasteiger partial charge in [-0.2, -0.15) is 0 Å². The van der Waals surface area contributed by atoms with Crippen molar-refractivity contribution in [1.82, 2.24) is 14.9 Å². The van der Waals surface area contributed by atoms with Gasteiger partial charge in [0.05, 0.1) is 17.1 Å². The first-order chi connectivity index (χ1) is 12.7. The number of amides is 1. The van der Waals surface area contributed by atoms with E-state index in [0.717, 1.165) is 44.9 Å². The molecule has 5 nitrogen and oxygen atoms in total. The lowest BCUT2D eigenvalue weighted by Crippen LogP contribution is -2.40. The number of likely N-dealkylation sites (tertiary alicyclic amines) is 1. The van der Waals surface area contributed by atoms with E-state index in [-0.39, 0.29) is 18.2 Å². The van der Waals surface area contributed by atoms with Gasteiger partial charge in [-0.1, -0.05) is 28.1 Å². The highest BCUT2D eigenvalue weighted by molar-refractivity contribution is 9.10. The number of benzene rings is 2. The minimum atomic E-state index is -0.512. The number of fused-ring (bicyclic) bond motifs is 3. The van der Waals surface area contributed by atoms with Crippen molar-refractivity contribution in [2.45, 2.75) is 58.2 Å². The van der Waals surface area contributed by atoms with Crippen LogP contribution >= 0.6 is 15.9 Å². The molecular weight excluding hydrogens is 406 g/mol. The second kappa shape index (κ2) is 6.51. The smallest absolute Gasteiger partial charge is 0.411 e. The fourth-order valence-electron chi connectivity index (χ4n) is 3.82. The summed E-state index contributed by atoms with van der Waals surface area (Å²) in [5.74, 6) is 0.829. The summed E-state index contributed by atoms with van der Waals surface area (Å²) in [6.07, 6.45) is 1.55.